The number of hydrogen-bond donors (Lipinski definition) is 1. The predicted molar refractivity (Wildman–Crippen MR) is 79.9 cm³/mol. The van der Waals surface area contributed by atoms with Gasteiger partial charge in [0.1, 0.15) is 16.9 Å². The molecule has 106 valence electrons. The number of furan rings is 1. The number of fused-ring (bicyclic) bond motifs is 1. The summed E-state index contributed by atoms with van der Waals surface area (Å²) < 4.78 is 10.8. The van der Waals surface area contributed by atoms with Crippen LogP contribution in [0.25, 0.3) is 22.1 Å². The Hall–Kier alpha value is -2.75. The van der Waals surface area contributed by atoms with Crippen molar-refractivity contribution >= 4 is 16.8 Å². The van der Waals surface area contributed by atoms with Gasteiger partial charge in [-0.05, 0) is 36.2 Å². The zero-order chi connectivity index (χ0) is 15.0. The molecule has 0 aliphatic carbocycles. The Kier molecular flexibility index (Phi) is 3.14. The highest BCUT2D eigenvalue weighted by Crippen LogP contribution is 2.38. The molecule has 0 saturated heterocycles. The van der Waals surface area contributed by atoms with Gasteiger partial charge in [-0.1, -0.05) is 24.3 Å². The van der Waals surface area contributed by atoms with Crippen LogP contribution >= 0.6 is 0 Å². The zero-order valence-corrected chi connectivity index (χ0v) is 11.7. The van der Waals surface area contributed by atoms with Crippen molar-refractivity contribution in [2.45, 2.75) is 6.92 Å². The molecule has 0 aliphatic rings. The minimum absolute atomic E-state index is 0.114. The predicted octanol–water partition coefficient (Wildman–Crippen LogP) is 4.02. The molecule has 0 atom stereocenters. The number of ether oxygens (including phenoxy) is 1. The Balaban J connectivity index is 2.35. The lowest BCUT2D eigenvalue weighted by molar-refractivity contribution is 0.101. The molecule has 21 heavy (non-hydrogen) atoms. The van der Waals surface area contributed by atoms with E-state index in [0.29, 0.717) is 11.1 Å². The van der Waals surface area contributed by atoms with E-state index in [2.05, 4.69) is 0 Å². The number of Topliss-reactive ketones (excluding diaryl/α,β-unsaturated/α-hetero) is 1. The Morgan fingerprint density at radius 1 is 1.14 bits per heavy atom. The van der Waals surface area contributed by atoms with E-state index >= 15 is 0 Å². The van der Waals surface area contributed by atoms with Crippen LogP contribution in [0, 0.1) is 0 Å². The van der Waals surface area contributed by atoms with Crippen molar-refractivity contribution in [2.75, 3.05) is 7.11 Å². The molecule has 0 aliphatic heterocycles. The number of carbonyl (C=O) groups excluding carboxylic acids is 1. The van der Waals surface area contributed by atoms with Crippen LogP contribution in [0.4, 0.5) is 0 Å². The monoisotopic (exact) mass is 282 g/mol. The van der Waals surface area contributed by atoms with E-state index in [1.807, 2.05) is 12.1 Å². The van der Waals surface area contributed by atoms with Crippen molar-refractivity contribution in [3.8, 4) is 22.8 Å². The van der Waals surface area contributed by atoms with Crippen molar-refractivity contribution in [3.05, 3.63) is 48.0 Å². The Morgan fingerprint density at radius 3 is 2.48 bits per heavy atom. The second kappa shape index (κ2) is 4.98. The van der Waals surface area contributed by atoms with Crippen LogP contribution < -0.4 is 4.74 Å². The van der Waals surface area contributed by atoms with E-state index in [1.165, 1.54) is 14.0 Å². The molecule has 3 aromatic rings. The van der Waals surface area contributed by atoms with Gasteiger partial charge in [-0.25, -0.2) is 0 Å². The zero-order valence-electron chi connectivity index (χ0n) is 11.7. The van der Waals surface area contributed by atoms with E-state index in [4.69, 9.17) is 9.15 Å². The van der Waals surface area contributed by atoms with Crippen molar-refractivity contribution in [1.29, 1.82) is 0 Å². The summed E-state index contributed by atoms with van der Waals surface area (Å²) >= 11 is 0. The van der Waals surface area contributed by atoms with E-state index < -0.39 is 0 Å². The molecule has 0 bridgehead atoms. The van der Waals surface area contributed by atoms with Crippen LogP contribution in [0.1, 0.15) is 17.3 Å². The summed E-state index contributed by atoms with van der Waals surface area (Å²) in [5.74, 6) is 0.308. The fraction of sp³-hybridized carbons (Fsp3) is 0.118. The average Bonchev–Trinajstić information content (AvgIpc) is 2.86. The fourth-order valence-corrected chi connectivity index (χ4v) is 2.47. The second-order valence-electron chi connectivity index (χ2n) is 4.75. The van der Waals surface area contributed by atoms with Gasteiger partial charge in [0.15, 0.2) is 5.78 Å². The van der Waals surface area contributed by atoms with Gasteiger partial charge in [0.05, 0.1) is 7.11 Å². The topological polar surface area (TPSA) is 59.7 Å². The molecule has 1 heterocycles. The number of phenols is 1. The molecule has 0 fully saturated rings. The summed E-state index contributed by atoms with van der Waals surface area (Å²) in [5.41, 5.74) is 2.80. The first-order valence-corrected chi connectivity index (χ1v) is 6.51. The number of hydrogen-bond acceptors (Lipinski definition) is 4. The third kappa shape index (κ3) is 2.14. The minimum atomic E-state index is -0.114. The summed E-state index contributed by atoms with van der Waals surface area (Å²) in [6.07, 6.45) is 0. The molecule has 4 nitrogen and oxygen atoms in total. The summed E-state index contributed by atoms with van der Waals surface area (Å²) in [6.45, 7) is 1.49. The first kappa shape index (κ1) is 13.2. The van der Waals surface area contributed by atoms with Crippen LogP contribution in [0.3, 0.4) is 0 Å². The Morgan fingerprint density at radius 2 is 1.86 bits per heavy atom. The molecule has 3 rings (SSSR count). The van der Waals surface area contributed by atoms with Gasteiger partial charge >= 0.3 is 0 Å². The maximum atomic E-state index is 12.0. The van der Waals surface area contributed by atoms with E-state index in [-0.39, 0.29) is 17.5 Å². The molecular formula is C17H14O4. The lowest BCUT2D eigenvalue weighted by Crippen LogP contribution is -1.95. The van der Waals surface area contributed by atoms with Crippen LogP contribution in [-0.2, 0) is 0 Å². The highest BCUT2D eigenvalue weighted by molar-refractivity contribution is 6.13. The Labute approximate surface area is 121 Å². The number of aromatic hydroxyl groups is 1. The normalized spacial score (nSPS) is 10.8. The number of carbonyl (C=O) groups is 1. The van der Waals surface area contributed by atoms with Crippen LogP contribution in [-0.4, -0.2) is 18.0 Å². The number of methoxy groups -OCH3 is 1. The smallest absolute Gasteiger partial charge is 0.296 e. The lowest BCUT2D eigenvalue weighted by Gasteiger charge is -2.05. The van der Waals surface area contributed by atoms with Crippen molar-refractivity contribution in [1.82, 2.24) is 0 Å². The summed E-state index contributed by atoms with van der Waals surface area (Å²) in [7, 11) is 1.48. The molecule has 0 radical (unpaired) electrons. The highest BCUT2D eigenvalue weighted by Gasteiger charge is 2.21. The maximum Gasteiger partial charge on any atom is 0.296 e. The largest absolute Gasteiger partial charge is 0.508 e. The summed E-state index contributed by atoms with van der Waals surface area (Å²) in [5, 5.41) is 10.1. The lowest BCUT2D eigenvalue weighted by atomic mass is 9.98. The maximum absolute atomic E-state index is 12.0. The Bertz CT molecular complexity index is 813. The first-order chi connectivity index (χ1) is 10.1. The minimum Gasteiger partial charge on any atom is -0.508 e. The van der Waals surface area contributed by atoms with E-state index in [1.54, 1.807) is 30.3 Å². The fourth-order valence-electron chi connectivity index (χ4n) is 2.47. The third-order valence-corrected chi connectivity index (χ3v) is 3.40. The molecule has 0 amide bonds. The van der Waals surface area contributed by atoms with Gasteiger partial charge < -0.3 is 14.3 Å². The van der Waals surface area contributed by atoms with Gasteiger partial charge in [0.2, 0.25) is 0 Å². The second-order valence-corrected chi connectivity index (χ2v) is 4.75. The van der Waals surface area contributed by atoms with E-state index in [9.17, 15) is 9.90 Å². The van der Waals surface area contributed by atoms with E-state index in [0.717, 1.165) is 16.5 Å². The quantitative estimate of drug-likeness (QED) is 0.737. The molecule has 4 heteroatoms. The number of ketones is 1. The van der Waals surface area contributed by atoms with Crippen molar-refractivity contribution in [3.63, 3.8) is 0 Å². The molecule has 0 saturated carbocycles. The average molecular weight is 282 g/mol. The molecule has 0 spiro atoms. The first-order valence-electron chi connectivity index (χ1n) is 6.51. The van der Waals surface area contributed by atoms with Gasteiger partial charge in [-0.3, -0.25) is 4.79 Å². The standard InChI is InChI=1S/C17H14O4/c1-10(18)15-16-13(11-6-8-12(19)9-7-11)4-3-5-14(16)21-17(15)20-2/h3-9,19H,1-2H3. The van der Waals surface area contributed by atoms with Gasteiger partial charge in [-0.2, -0.15) is 0 Å². The molecule has 1 N–H and O–H groups in total. The van der Waals surface area contributed by atoms with Crippen molar-refractivity contribution in [2.24, 2.45) is 0 Å². The molecular weight excluding hydrogens is 268 g/mol. The van der Waals surface area contributed by atoms with Gasteiger partial charge in [-0.15, -0.1) is 0 Å². The molecule has 1 aromatic heterocycles. The van der Waals surface area contributed by atoms with Crippen molar-refractivity contribution < 1.29 is 19.1 Å². The van der Waals surface area contributed by atoms with Crippen LogP contribution in [0.5, 0.6) is 11.7 Å². The highest BCUT2D eigenvalue weighted by atomic mass is 16.6. The SMILES string of the molecule is COc1oc2cccc(-c3ccc(O)cc3)c2c1C(C)=O. The molecule has 0 unspecified atom stereocenters. The van der Waals surface area contributed by atoms with Crippen LogP contribution in [0.2, 0.25) is 0 Å². The van der Waals surface area contributed by atoms with Gasteiger partial charge in [0.25, 0.3) is 5.95 Å². The van der Waals surface area contributed by atoms with Crippen LogP contribution in [0.15, 0.2) is 46.9 Å². The van der Waals surface area contributed by atoms with Gasteiger partial charge in [0, 0.05) is 5.39 Å². The molecule has 2 aromatic carbocycles. The number of benzene rings is 2. The summed E-state index contributed by atoms with van der Waals surface area (Å²) in [4.78, 5) is 12.0. The third-order valence-electron chi connectivity index (χ3n) is 3.40. The number of rotatable bonds is 3. The number of phenolic OH excluding ortho intramolecular Hbond substituents is 1. The summed E-state index contributed by atoms with van der Waals surface area (Å²) in [6, 6.07) is 12.4.